The predicted octanol–water partition coefficient (Wildman–Crippen LogP) is 2.31. The fraction of sp³-hybridized carbons (Fsp3) is 0.333. The zero-order valence-electron chi connectivity index (χ0n) is 14.8. The Morgan fingerprint density at radius 3 is 2.50 bits per heavy atom. The third kappa shape index (κ3) is 4.03. The van der Waals surface area contributed by atoms with Gasteiger partial charge in [0.25, 0.3) is 0 Å². The van der Waals surface area contributed by atoms with Crippen LogP contribution in [0.3, 0.4) is 0 Å². The first-order valence-electron chi connectivity index (χ1n) is 8.32. The number of aromatic nitrogens is 1. The smallest absolute Gasteiger partial charge is 0.246 e. The molecule has 1 amide bonds. The third-order valence-electron chi connectivity index (χ3n) is 4.49. The zero-order valence-corrected chi connectivity index (χ0v) is 16.4. The second-order valence-corrected chi connectivity index (χ2v) is 9.04. The SMILES string of the molecule is Cc1ccc(S(=O)(=O)N2CCN(C(=O)/C=C/c3nccs3)CC2)cc1C. The maximum atomic E-state index is 12.8. The fourth-order valence-corrected chi connectivity index (χ4v) is 4.77. The number of benzene rings is 1. The highest BCUT2D eigenvalue weighted by Crippen LogP contribution is 2.20. The number of thiazole rings is 1. The molecule has 0 aliphatic carbocycles. The molecule has 8 heteroatoms. The number of amides is 1. The molecule has 0 atom stereocenters. The van der Waals surface area contributed by atoms with Crippen LogP contribution in [-0.4, -0.2) is 54.7 Å². The first-order chi connectivity index (χ1) is 12.4. The number of piperazine rings is 1. The van der Waals surface area contributed by atoms with Gasteiger partial charge < -0.3 is 4.90 Å². The van der Waals surface area contributed by atoms with E-state index in [1.54, 1.807) is 29.3 Å². The summed E-state index contributed by atoms with van der Waals surface area (Å²) in [6, 6.07) is 5.18. The van der Waals surface area contributed by atoms with Crippen LogP contribution in [0.15, 0.2) is 40.7 Å². The van der Waals surface area contributed by atoms with Crippen LogP contribution in [-0.2, 0) is 14.8 Å². The molecule has 0 spiro atoms. The Bertz CT molecular complexity index is 913. The van der Waals surface area contributed by atoms with Crippen molar-refractivity contribution in [1.29, 1.82) is 0 Å². The van der Waals surface area contributed by atoms with Gasteiger partial charge in [0.2, 0.25) is 15.9 Å². The first kappa shape index (κ1) is 18.8. The molecule has 0 unspecified atom stereocenters. The van der Waals surface area contributed by atoms with Crippen LogP contribution < -0.4 is 0 Å². The summed E-state index contributed by atoms with van der Waals surface area (Å²) in [5.74, 6) is -0.122. The van der Waals surface area contributed by atoms with Gasteiger partial charge in [-0.3, -0.25) is 4.79 Å². The molecule has 0 saturated carbocycles. The van der Waals surface area contributed by atoms with Gasteiger partial charge in [-0.2, -0.15) is 4.31 Å². The molecular formula is C18H21N3O3S2. The monoisotopic (exact) mass is 391 g/mol. The van der Waals surface area contributed by atoms with E-state index in [2.05, 4.69) is 4.98 Å². The molecular weight excluding hydrogens is 370 g/mol. The van der Waals surface area contributed by atoms with Crippen molar-refractivity contribution < 1.29 is 13.2 Å². The van der Waals surface area contributed by atoms with Crippen molar-refractivity contribution in [2.45, 2.75) is 18.7 Å². The highest BCUT2D eigenvalue weighted by molar-refractivity contribution is 7.89. The molecule has 1 aromatic carbocycles. The van der Waals surface area contributed by atoms with E-state index in [0.717, 1.165) is 16.1 Å². The van der Waals surface area contributed by atoms with Gasteiger partial charge in [0.15, 0.2) is 0 Å². The standard InChI is InChI=1S/C18H21N3O3S2/c1-14-3-4-16(13-15(14)2)26(23,24)21-10-8-20(9-11-21)18(22)6-5-17-19-7-12-25-17/h3-7,12-13H,8-11H2,1-2H3/b6-5+. The summed E-state index contributed by atoms with van der Waals surface area (Å²) in [5, 5.41) is 2.62. The summed E-state index contributed by atoms with van der Waals surface area (Å²) in [6.45, 7) is 5.21. The van der Waals surface area contributed by atoms with E-state index in [-0.39, 0.29) is 5.91 Å². The molecule has 1 aliphatic heterocycles. The van der Waals surface area contributed by atoms with Crippen molar-refractivity contribution in [2.24, 2.45) is 0 Å². The van der Waals surface area contributed by atoms with Crippen molar-refractivity contribution in [1.82, 2.24) is 14.2 Å². The van der Waals surface area contributed by atoms with E-state index in [1.807, 2.05) is 25.3 Å². The molecule has 0 N–H and O–H groups in total. The van der Waals surface area contributed by atoms with Crippen LogP contribution in [0, 0.1) is 13.8 Å². The highest BCUT2D eigenvalue weighted by Gasteiger charge is 2.29. The Morgan fingerprint density at radius 1 is 1.15 bits per heavy atom. The van der Waals surface area contributed by atoms with Crippen molar-refractivity contribution in [3.05, 3.63) is 52.0 Å². The third-order valence-corrected chi connectivity index (χ3v) is 7.12. The topological polar surface area (TPSA) is 70.6 Å². The van der Waals surface area contributed by atoms with Crippen molar-refractivity contribution >= 4 is 33.3 Å². The average molecular weight is 392 g/mol. The summed E-state index contributed by atoms with van der Waals surface area (Å²) in [4.78, 5) is 18.3. The van der Waals surface area contributed by atoms with E-state index >= 15 is 0 Å². The van der Waals surface area contributed by atoms with Gasteiger partial charge in [-0.15, -0.1) is 11.3 Å². The molecule has 1 aliphatic rings. The number of carbonyl (C=O) groups is 1. The summed E-state index contributed by atoms with van der Waals surface area (Å²) >= 11 is 1.46. The van der Waals surface area contributed by atoms with E-state index < -0.39 is 10.0 Å². The molecule has 26 heavy (non-hydrogen) atoms. The predicted molar refractivity (Wildman–Crippen MR) is 102 cm³/mol. The lowest BCUT2D eigenvalue weighted by molar-refractivity contribution is -0.127. The van der Waals surface area contributed by atoms with E-state index in [4.69, 9.17) is 0 Å². The van der Waals surface area contributed by atoms with E-state index in [1.165, 1.54) is 21.7 Å². The lowest BCUT2D eigenvalue weighted by Crippen LogP contribution is -2.50. The maximum Gasteiger partial charge on any atom is 0.246 e. The molecule has 1 fully saturated rings. The molecule has 3 rings (SSSR count). The van der Waals surface area contributed by atoms with Crippen LogP contribution in [0.25, 0.3) is 6.08 Å². The summed E-state index contributed by atoms with van der Waals surface area (Å²) in [5.41, 5.74) is 2.01. The van der Waals surface area contributed by atoms with Gasteiger partial charge in [-0.25, -0.2) is 13.4 Å². The number of rotatable bonds is 4. The number of aryl methyl sites for hydroxylation is 2. The van der Waals surface area contributed by atoms with Crippen LogP contribution in [0.4, 0.5) is 0 Å². The minimum atomic E-state index is -3.53. The van der Waals surface area contributed by atoms with Gasteiger partial charge in [0.1, 0.15) is 5.01 Å². The molecule has 0 radical (unpaired) electrons. The minimum Gasteiger partial charge on any atom is -0.337 e. The van der Waals surface area contributed by atoms with Gasteiger partial charge in [-0.1, -0.05) is 6.07 Å². The molecule has 0 bridgehead atoms. The molecule has 2 aromatic rings. The fourth-order valence-electron chi connectivity index (χ4n) is 2.74. The maximum absolute atomic E-state index is 12.8. The van der Waals surface area contributed by atoms with E-state index in [0.29, 0.717) is 31.1 Å². The average Bonchev–Trinajstić information content (AvgIpc) is 3.15. The van der Waals surface area contributed by atoms with Crippen LogP contribution in [0.5, 0.6) is 0 Å². The largest absolute Gasteiger partial charge is 0.337 e. The highest BCUT2D eigenvalue weighted by atomic mass is 32.2. The second-order valence-electron chi connectivity index (χ2n) is 6.18. The quantitative estimate of drug-likeness (QED) is 0.750. The Hall–Kier alpha value is -2.03. The van der Waals surface area contributed by atoms with Crippen molar-refractivity contribution in [3.8, 4) is 0 Å². The molecule has 2 heterocycles. The number of nitrogens with zero attached hydrogens (tertiary/aromatic N) is 3. The molecule has 1 saturated heterocycles. The van der Waals surface area contributed by atoms with Crippen LogP contribution in [0.1, 0.15) is 16.1 Å². The molecule has 6 nitrogen and oxygen atoms in total. The number of hydrogen-bond donors (Lipinski definition) is 0. The number of carbonyl (C=O) groups excluding carboxylic acids is 1. The lowest BCUT2D eigenvalue weighted by atomic mass is 10.1. The van der Waals surface area contributed by atoms with Gasteiger partial charge in [-0.05, 0) is 43.2 Å². The lowest BCUT2D eigenvalue weighted by Gasteiger charge is -2.33. The summed E-state index contributed by atoms with van der Waals surface area (Å²) in [6.07, 6.45) is 4.86. The van der Waals surface area contributed by atoms with Crippen LogP contribution in [0.2, 0.25) is 0 Å². The summed E-state index contributed by atoms with van der Waals surface area (Å²) in [7, 11) is -3.53. The van der Waals surface area contributed by atoms with E-state index in [9.17, 15) is 13.2 Å². The minimum absolute atomic E-state index is 0.122. The Labute approximate surface area is 157 Å². The Kier molecular flexibility index (Phi) is 5.55. The molecule has 1 aromatic heterocycles. The van der Waals surface area contributed by atoms with Gasteiger partial charge in [0.05, 0.1) is 4.90 Å². The Morgan fingerprint density at radius 2 is 1.88 bits per heavy atom. The number of sulfonamides is 1. The van der Waals surface area contributed by atoms with Gasteiger partial charge in [0, 0.05) is 43.8 Å². The zero-order chi connectivity index (χ0) is 18.7. The van der Waals surface area contributed by atoms with Crippen molar-refractivity contribution in [2.75, 3.05) is 26.2 Å². The second kappa shape index (κ2) is 7.69. The van der Waals surface area contributed by atoms with Gasteiger partial charge >= 0.3 is 0 Å². The molecule has 138 valence electrons. The Balaban J connectivity index is 1.64. The van der Waals surface area contributed by atoms with Crippen molar-refractivity contribution in [3.63, 3.8) is 0 Å². The summed E-state index contributed by atoms with van der Waals surface area (Å²) < 4.78 is 27.1. The van der Waals surface area contributed by atoms with Crippen LogP contribution >= 0.6 is 11.3 Å². The number of hydrogen-bond acceptors (Lipinski definition) is 5. The first-order valence-corrected chi connectivity index (χ1v) is 10.6. The normalized spacial score (nSPS) is 16.3.